The quantitative estimate of drug-likeness (QED) is 0.369. The van der Waals surface area contributed by atoms with Crippen molar-refractivity contribution < 1.29 is 22.4 Å². The summed E-state index contributed by atoms with van der Waals surface area (Å²) < 4.78 is 40.8. The number of rotatable bonds is 4. The number of furan rings is 1. The van der Waals surface area contributed by atoms with E-state index in [1.165, 1.54) is 7.11 Å². The van der Waals surface area contributed by atoms with Gasteiger partial charge in [-0.3, -0.25) is 4.72 Å². The molecular weight excluding hydrogens is 438 g/mol. The van der Waals surface area contributed by atoms with E-state index >= 15 is 0 Å². The number of fused-ring (bicyclic) bond motifs is 3. The Balaban J connectivity index is 2.03. The Morgan fingerprint density at radius 3 is 2.27 bits per heavy atom. The minimum Gasteiger partial charge on any atom is -0.465 e. The minimum absolute atomic E-state index is 0.211. The van der Waals surface area contributed by atoms with Crippen LogP contribution in [0.3, 0.4) is 0 Å². The molecule has 0 fully saturated rings. The first-order chi connectivity index (χ1) is 15.4. The first kappa shape index (κ1) is 22.9. The summed E-state index contributed by atoms with van der Waals surface area (Å²) in [4.78, 5) is 13.0. The van der Waals surface area contributed by atoms with Crippen LogP contribution in [-0.4, -0.2) is 21.5 Å². The molecule has 0 radical (unpaired) electrons. The maximum absolute atomic E-state index is 13.4. The molecule has 0 aliphatic rings. The van der Waals surface area contributed by atoms with Crippen molar-refractivity contribution in [3.8, 4) is 0 Å². The lowest BCUT2D eigenvalue weighted by molar-refractivity contribution is 0.0598. The van der Waals surface area contributed by atoms with Gasteiger partial charge in [-0.15, -0.1) is 0 Å². The van der Waals surface area contributed by atoms with Gasteiger partial charge in [-0.05, 0) is 37.1 Å². The molecule has 6 nitrogen and oxygen atoms in total. The molecule has 4 rings (SSSR count). The Morgan fingerprint density at radius 2 is 1.64 bits per heavy atom. The zero-order valence-electron chi connectivity index (χ0n) is 19.6. The van der Waals surface area contributed by atoms with Crippen LogP contribution in [0.4, 0.5) is 5.69 Å². The van der Waals surface area contributed by atoms with Crippen molar-refractivity contribution in [2.24, 2.45) is 0 Å². The molecule has 1 N–H and O–H groups in total. The summed E-state index contributed by atoms with van der Waals surface area (Å²) in [6.07, 6.45) is 0. The van der Waals surface area contributed by atoms with Crippen molar-refractivity contribution in [2.75, 3.05) is 11.8 Å². The van der Waals surface area contributed by atoms with E-state index in [0.717, 1.165) is 5.56 Å². The Labute approximate surface area is 193 Å². The average molecular weight is 466 g/mol. The number of carbonyl (C=O) groups excluding carboxylic acids is 1. The van der Waals surface area contributed by atoms with E-state index in [0.29, 0.717) is 44.3 Å². The first-order valence-corrected chi connectivity index (χ1v) is 12.1. The largest absolute Gasteiger partial charge is 0.465 e. The molecule has 4 aromatic rings. The summed E-state index contributed by atoms with van der Waals surface area (Å²) in [5, 5.41) is 1.88. The highest BCUT2D eigenvalue weighted by Crippen LogP contribution is 2.41. The second kappa shape index (κ2) is 7.92. The highest BCUT2D eigenvalue weighted by molar-refractivity contribution is 7.92. The fourth-order valence-corrected chi connectivity index (χ4v) is 5.43. The number of methoxy groups -OCH3 is 1. The van der Waals surface area contributed by atoms with E-state index in [4.69, 9.17) is 9.15 Å². The summed E-state index contributed by atoms with van der Waals surface area (Å²) in [6, 6.07) is 14.3. The minimum atomic E-state index is -3.88. The normalized spacial score (nSPS) is 12.3. The molecule has 172 valence electrons. The number of benzene rings is 3. The predicted octanol–water partition coefficient (Wildman–Crippen LogP) is 6.09. The zero-order valence-corrected chi connectivity index (χ0v) is 20.4. The highest BCUT2D eigenvalue weighted by atomic mass is 32.2. The summed E-state index contributed by atoms with van der Waals surface area (Å²) in [5.41, 5.74) is 2.21. The van der Waals surface area contributed by atoms with Crippen molar-refractivity contribution in [1.82, 2.24) is 0 Å². The molecule has 0 amide bonds. The van der Waals surface area contributed by atoms with Crippen LogP contribution >= 0.6 is 0 Å². The third-order valence-electron chi connectivity index (χ3n) is 5.64. The lowest BCUT2D eigenvalue weighted by Crippen LogP contribution is -2.16. The molecule has 7 heteroatoms. The third-order valence-corrected chi connectivity index (χ3v) is 7.15. The molecular formula is C26H27NO5S. The SMILES string of the molecule is COC(=O)c1c(C(C)(C)C)oc2c1cc(NS(=O)(=O)c1cc(C)ccc1C)c1ccccc12. The molecule has 1 aromatic heterocycles. The van der Waals surface area contributed by atoms with E-state index in [1.54, 1.807) is 25.1 Å². The van der Waals surface area contributed by atoms with Crippen LogP contribution in [0.25, 0.3) is 21.7 Å². The summed E-state index contributed by atoms with van der Waals surface area (Å²) in [6.45, 7) is 9.45. The van der Waals surface area contributed by atoms with E-state index in [2.05, 4.69) is 4.72 Å². The van der Waals surface area contributed by atoms with E-state index in [-0.39, 0.29) is 4.90 Å². The predicted molar refractivity (Wildman–Crippen MR) is 130 cm³/mol. The third kappa shape index (κ3) is 3.97. The molecule has 0 saturated heterocycles. The fraction of sp³-hybridized carbons (Fsp3) is 0.269. The van der Waals surface area contributed by atoms with E-state index < -0.39 is 21.4 Å². The van der Waals surface area contributed by atoms with Crippen LogP contribution in [0.5, 0.6) is 0 Å². The van der Waals surface area contributed by atoms with Gasteiger partial charge in [-0.2, -0.15) is 0 Å². The Kier molecular flexibility index (Phi) is 5.48. The van der Waals surface area contributed by atoms with E-state index in [9.17, 15) is 13.2 Å². The molecule has 0 spiro atoms. The van der Waals surface area contributed by atoms with Crippen LogP contribution in [0.15, 0.2) is 57.8 Å². The fourth-order valence-electron chi connectivity index (χ4n) is 4.03. The number of carbonyl (C=O) groups is 1. The molecule has 0 unspecified atom stereocenters. The average Bonchev–Trinajstić information content (AvgIpc) is 3.15. The van der Waals surface area contributed by atoms with Gasteiger partial charge >= 0.3 is 5.97 Å². The van der Waals surface area contributed by atoms with Gasteiger partial charge in [0.15, 0.2) is 0 Å². The zero-order chi connectivity index (χ0) is 24.1. The molecule has 3 aromatic carbocycles. The van der Waals surface area contributed by atoms with Crippen LogP contribution in [0.2, 0.25) is 0 Å². The number of nitrogens with one attached hydrogen (secondary N) is 1. The lowest BCUT2D eigenvalue weighted by atomic mass is 9.89. The van der Waals surface area contributed by atoms with Gasteiger partial charge in [-0.1, -0.05) is 57.2 Å². The summed E-state index contributed by atoms with van der Waals surface area (Å²) in [5.74, 6) is -0.0404. The molecule has 1 heterocycles. The van der Waals surface area contributed by atoms with Crippen LogP contribution in [0.1, 0.15) is 48.0 Å². The molecule has 0 bridgehead atoms. The molecule has 0 saturated carbocycles. The Hall–Kier alpha value is -3.32. The Morgan fingerprint density at radius 1 is 0.970 bits per heavy atom. The van der Waals surface area contributed by atoms with Gasteiger partial charge in [0, 0.05) is 21.6 Å². The van der Waals surface area contributed by atoms with Crippen LogP contribution < -0.4 is 4.72 Å². The first-order valence-electron chi connectivity index (χ1n) is 10.6. The van der Waals surface area contributed by atoms with Gasteiger partial charge in [0.05, 0.1) is 17.7 Å². The van der Waals surface area contributed by atoms with Gasteiger partial charge in [-0.25, -0.2) is 13.2 Å². The van der Waals surface area contributed by atoms with Gasteiger partial charge in [0.25, 0.3) is 10.0 Å². The van der Waals surface area contributed by atoms with Crippen molar-refractivity contribution in [2.45, 2.75) is 44.9 Å². The van der Waals surface area contributed by atoms with Crippen molar-refractivity contribution >= 4 is 43.4 Å². The van der Waals surface area contributed by atoms with Crippen molar-refractivity contribution in [1.29, 1.82) is 0 Å². The summed E-state index contributed by atoms with van der Waals surface area (Å²) in [7, 11) is -2.57. The smallest absolute Gasteiger partial charge is 0.342 e. The molecule has 0 aliphatic heterocycles. The second-order valence-corrected chi connectivity index (χ2v) is 10.9. The van der Waals surface area contributed by atoms with Crippen molar-refractivity contribution in [3.63, 3.8) is 0 Å². The number of hydrogen-bond donors (Lipinski definition) is 1. The highest BCUT2D eigenvalue weighted by Gasteiger charge is 2.31. The monoisotopic (exact) mass is 465 g/mol. The molecule has 0 aliphatic carbocycles. The maximum atomic E-state index is 13.4. The molecule has 33 heavy (non-hydrogen) atoms. The van der Waals surface area contributed by atoms with Gasteiger partial charge in [0.2, 0.25) is 0 Å². The standard InChI is InChI=1S/C26H27NO5S/c1-15-11-12-16(2)21(13-15)33(29,30)27-20-14-19-22(25(28)31-6)24(26(3,4)5)32-23(19)18-10-8-7-9-17(18)20/h7-14,27H,1-6H3. The van der Waals surface area contributed by atoms with Crippen LogP contribution in [-0.2, 0) is 20.2 Å². The maximum Gasteiger partial charge on any atom is 0.342 e. The number of sulfonamides is 1. The number of esters is 1. The summed E-state index contributed by atoms with van der Waals surface area (Å²) >= 11 is 0. The molecule has 0 atom stereocenters. The van der Waals surface area contributed by atoms with Gasteiger partial charge in [0.1, 0.15) is 16.9 Å². The second-order valence-electron chi connectivity index (χ2n) is 9.27. The van der Waals surface area contributed by atoms with Crippen LogP contribution in [0, 0.1) is 13.8 Å². The number of aryl methyl sites for hydroxylation is 2. The van der Waals surface area contributed by atoms with Crippen molar-refractivity contribution in [3.05, 3.63) is 71.0 Å². The van der Waals surface area contributed by atoms with Gasteiger partial charge < -0.3 is 9.15 Å². The number of hydrogen-bond acceptors (Lipinski definition) is 5. The number of ether oxygens (including phenoxy) is 1. The number of anilines is 1. The lowest BCUT2D eigenvalue weighted by Gasteiger charge is -2.16. The Bertz CT molecular complexity index is 1510. The van der Waals surface area contributed by atoms with E-state index in [1.807, 2.05) is 58.0 Å². The topological polar surface area (TPSA) is 85.6 Å².